The molecule has 0 unspecified atom stereocenters. The van der Waals surface area contributed by atoms with E-state index in [4.69, 9.17) is 21.1 Å². The predicted octanol–water partition coefficient (Wildman–Crippen LogP) is 4.82. The minimum Gasteiger partial charge on any atom is -0.466 e. The summed E-state index contributed by atoms with van der Waals surface area (Å²) in [4.78, 5) is 38.4. The quantitative estimate of drug-likeness (QED) is 0.633. The van der Waals surface area contributed by atoms with Crippen molar-refractivity contribution in [1.29, 1.82) is 0 Å². The number of halogens is 1. The van der Waals surface area contributed by atoms with Crippen LogP contribution in [-0.4, -0.2) is 31.2 Å². The highest BCUT2D eigenvalue weighted by molar-refractivity contribution is 7.17. The topological polar surface area (TPSA) is 93.7 Å². The molecule has 1 aliphatic carbocycles. The van der Waals surface area contributed by atoms with Crippen LogP contribution in [0.4, 0.5) is 15.5 Å². The molecule has 7 nitrogen and oxygen atoms in total. The molecular formula is C20H21ClN2O5S. The lowest BCUT2D eigenvalue weighted by molar-refractivity contribution is -0.144. The van der Waals surface area contributed by atoms with Gasteiger partial charge in [0.25, 0.3) is 0 Å². The van der Waals surface area contributed by atoms with Gasteiger partial charge < -0.3 is 14.8 Å². The summed E-state index contributed by atoms with van der Waals surface area (Å²) in [5.41, 5.74) is 1.34. The zero-order chi connectivity index (χ0) is 21.0. The summed E-state index contributed by atoms with van der Waals surface area (Å²) in [7, 11) is 0. The van der Waals surface area contributed by atoms with Crippen LogP contribution in [0.1, 0.15) is 47.0 Å². The third-order valence-corrected chi connectivity index (χ3v) is 5.81. The molecule has 0 bridgehead atoms. The Kier molecular flexibility index (Phi) is 6.76. The number of aryl methyl sites for hydroxylation is 1. The maximum atomic E-state index is 12.6. The number of benzene rings is 1. The molecule has 29 heavy (non-hydrogen) atoms. The Morgan fingerprint density at radius 1 is 1.17 bits per heavy atom. The smallest absolute Gasteiger partial charge is 0.341 e. The molecule has 1 aliphatic rings. The number of carbonyl (C=O) groups is 3. The first-order chi connectivity index (χ1) is 13.9. The van der Waals surface area contributed by atoms with Gasteiger partial charge in [-0.2, -0.15) is 0 Å². The number of amides is 2. The summed E-state index contributed by atoms with van der Waals surface area (Å²) >= 11 is 7.21. The van der Waals surface area contributed by atoms with Gasteiger partial charge in [-0.25, -0.2) is 9.59 Å². The molecule has 0 aliphatic heterocycles. The number of ether oxygens (including phenoxy) is 2. The number of thiophene rings is 1. The molecule has 0 fully saturated rings. The summed E-state index contributed by atoms with van der Waals surface area (Å²) in [6, 6.07) is 6.20. The Morgan fingerprint density at radius 2 is 1.93 bits per heavy atom. The van der Waals surface area contributed by atoms with Gasteiger partial charge in [0.1, 0.15) is 5.00 Å². The molecule has 0 radical (unpaired) electrons. The van der Waals surface area contributed by atoms with Gasteiger partial charge in [-0.05, 0) is 50.5 Å². The van der Waals surface area contributed by atoms with Crippen molar-refractivity contribution in [3.63, 3.8) is 0 Å². The van der Waals surface area contributed by atoms with E-state index in [-0.39, 0.29) is 24.7 Å². The van der Waals surface area contributed by atoms with Crippen LogP contribution in [0.15, 0.2) is 24.3 Å². The number of esters is 2. The second-order valence-corrected chi connectivity index (χ2v) is 7.84. The van der Waals surface area contributed by atoms with Gasteiger partial charge in [-0.1, -0.05) is 17.7 Å². The van der Waals surface area contributed by atoms with Crippen molar-refractivity contribution in [3.05, 3.63) is 45.3 Å². The van der Waals surface area contributed by atoms with E-state index in [1.807, 2.05) is 0 Å². The summed E-state index contributed by atoms with van der Waals surface area (Å²) in [6.45, 7) is 3.88. The lowest BCUT2D eigenvalue weighted by Crippen LogP contribution is -2.22. The molecule has 1 heterocycles. The Morgan fingerprint density at radius 3 is 2.62 bits per heavy atom. The molecule has 1 aromatic carbocycles. The van der Waals surface area contributed by atoms with Crippen LogP contribution in [0.5, 0.6) is 0 Å². The molecule has 0 saturated heterocycles. The first-order valence-electron chi connectivity index (χ1n) is 9.27. The van der Waals surface area contributed by atoms with Gasteiger partial charge in [0.05, 0.1) is 24.7 Å². The summed E-state index contributed by atoms with van der Waals surface area (Å²) in [5, 5.41) is 6.23. The van der Waals surface area contributed by atoms with Crippen molar-refractivity contribution < 1.29 is 23.9 Å². The first-order valence-corrected chi connectivity index (χ1v) is 10.5. The third-order valence-electron chi connectivity index (χ3n) is 4.39. The van der Waals surface area contributed by atoms with E-state index in [2.05, 4.69) is 10.6 Å². The van der Waals surface area contributed by atoms with E-state index < -0.39 is 17.9 Å². The van der Waals surface area contributed by atoms with Crippen LogP contribution in [0.2, 0.25) is 5.02 Å². The van der Waals surface area contributed by atoms with E-state index in [1.54, 1.807) is 38.1 Å². The SMILES string of the molecule is CCOC(=O)c1c(NC(=O)Nc2cccc(Cl)c2)sc2c1[C@H](C(=O)OCC)CC2. The van der Waals surface area contributed by atoms with E-state index >= 15 is 0 Å². The number of rotatable bonds is 6. The lowest BCUT2D eigenvalue weighted by atomic mass is 9.99. The Bertz CT molecular complexity index is 943. The first kappa shape index (κ1) is 21.1. The van der Waals surface area contributed by atoms with Gasteiger partial charge >= 0.3 is 18.0 Å². The standard InChI is InChI=1S/C20H21ClN2O5S/c1-3-27-18(24)13-8-9-14-15(13)16(19(25)28-4-2)17(29-14)23-20(26)22-12-7-5-6-11(21)10-12/h5-7,10,13H,3-4,8-9H2,1-2H3,(H2,22,23,26)/t13-/m1/s1. The molecule has 154 valence electrons. The molecule has 1 aromatic heterocycles. The van der Waals surface area contributed by atoms with Crippen LogP contribution < -0.4 is 10.6 Å². The van der Waals surface area contributed by atoms with Crippen molar-refractivity contribution in [2.24, 2.45) is 0 Å². The third kappa shape index (κ3) is 4.71. The predicted molar refractivity (Wildman–Crippen MR) is 112 cm³/mol. The highest BCUT2D eigenvalue weighted by Gasteiger charge is 2.38. The van der Waals surface area contributed by atoms with Gasteiger partial charge in [0.2, 0.25) is 0 Å². The van der Waals surface area contributed by atoms with E-state index in [0.717, 1.165) is 4.88 Å². The molecule has 2 N–H and O–H groups in total. The van der Waals surface area contributed by atoms with Crippen molar-refractivity contribution in [2.45, 2.75) is 32.6 Å². The van der Waals surface area contributed by atoms with Gasteiger partial charge in [-0.15, -0.1) is 11.3 Å². The van der Waals surface area contributed by atoms with Gasteiger partial charge in [-0.3, -0.25) is 10.1 Å². The average molecular weight is 437 g/mol. The zero-order valence-electron chi connectivity index (χ0n) is 16.0. The van der Waals surface area contributed by atoms with Crippen molar-refractivity contribution in [2.75, 3.05) is 23.8 Å². The Hall–Kier alpha value is -2.58. The van der Waals surface area contributed by atoms with Crippen molar-refractivity contribution in [1.82, 2.24) is 0 Å². The fourth-order valence-corrected chi connectivity index (χ4v) is 4.72. The number of nitrogens with one attached hydrogen (secondary N) is 2. The molecule has 0 spiro atoms. The average Bonchev–Trinajstić information content (AvgIpc) is 3.20. The maximum absolute atomic E-state index is 12.6. The minimum absolute atomic E-state index is 0.182. The maximum Gasteiger partial charge on any atom is 0.341 e. The molecule has 3 rings (SSSR count). The monoisotopic (exact) mass is 436 g/mol. The van der Waals surface area contributed by atoms with Gasteiger partial charge in [0, 0.05) is 15.6 Å². The minimum atomic E-state index is -0.570. The largest absolute Gasteiger partial charge is 0.466 e. The lowest BCUT2D eigenvalue weighted by Gasteiger charge is -2.13. The molecular weight excluding hydrogens is 416 g/mol. The van der Waals surface area contributed by atoms with E-state index in [1.165, 1.54) is 11.3 Å². The van der Waals surface area contributed by atoms with Gasteiger partial charge in [0.15, 0.2) is 0 Å². The second kappa shape index (κ2) is 9.28. The summed E-state index contributed by atoms with van der Waals surface area (Å²) < 4.78 is 10.3. The molecule has 0 saturated carbocycles. The highest BCUT2D eigenvalue weighted by Crippen LogP contribution is 2.46. The fourth-order valence-electron chi connectivity index (χ4n) is 3.27. The van der Waals surface area contributed by atoms with Crippen LogP contribution >= 0.6 is 22.9 Å². The molecule has 2 aromatic rings. The van der Waals surface area contributed by atoms with E-state index in [9.17, 15) is 14.4 Å². The fraction of sp³-hybridized carbons (Fsp3) is 0.350. The number of fused-ring (bicyclic) bond motifs is 1. The number of hydrogen-bond acceptors (Lipinski definition) is 6. The number of anilines is 2. The van der Waals surface area contributed by atoms with Crippen LogP contribution in [0.25, 0.3) is 0 Å². The van der Waals surface area contributed by atoms with Crippen LogP contribution in [0.3, 0.4) is 0 Å². The normalized spacial score (nSPS) is 14.8. The Labute approximate surface area is 177 Å². The molecule has 2 amide bonds. The second-order valence-electron chi connectivity index (χ2n) is 6.30. The molecule has 9 heteroatoms. The van der Waals surface area contributed by atoms with Crippen LogP contribution in [-0.2, 0) is 20.7 Å². The zero-order valence-corrected chi connectivity index (χ0v) is 17.6. The highest BCUT2D eigenvalue weighted by atomic mass is 35.5. The van der Waals surface area contributed by atoms with Crippen molar-refractivity contribution >= 4 is 51.6 Å². The van der Waals surface area contributed by atoms with E-state index in [0.29, 0.717) is 34.1 Å². The number of urea groups is 1. The number of hydrogen-bond donors (Lipinski definition) is 2. The van der Waals surface area contributed by atoms with Crippen molar-refractivity contribution in [3.8, 4) is 0 Å². The number of carbonyl (C=O) groups excluding carboxylic acids is 3. The summed E-state index contributed by atoms with van der Waals surface area (Å²) in [6.07, 6.45) is 1.20. The summed E-state index contributed by atoms with van der Waals surface area (Å²) in [5.74, 6) is -1.48. The van der Waals surface area contributed by atoms with Crippen LogP contribution in [0, 0.1) is 0 Å². The Balaban J connectivity index is 1.88. The molecule has 1 atom stereocenters.